The van der Waals surface area contributed by atoms with E-state index in [1.54, 1.807) is 14.2 Å². The molecular weight excluding hydrogens is 452 g/mol. The smallest absolute Gasteiger partial charge is 0.119 e. The maximum atomic E-state index is 10.2. The van der Waals surface area contributed by atoms with Crippen LogP contribution >= 0.6 is 0 Å². The van der Waals surface area contributed by atoms with Crippen LogP contribution in [0.25, 0.3) is 21.5 Å². The van der Waals surface area contributed by atoms with Gasteiger partial charge in [0.05, 0.1) is 27.4 Å². The Hall–Kier alpha value is -3.16. The molecule has 0 saturated carbocycles. The standard InChI is InChI=1S/C30H34N2O4/c1-35-23-9-11-25-21(17-23)5-3-7-27(25)29-19-31(13-15-33)20-30(32(29)14-16-34)28-8-4-6-22-18-24(36-2)10-12-26(22)28/h3-12,17-18,29-30,33-34H,13-16,19-20H2,1-2H3/t29-,30-/m0/s1. The molecule has 1 heterocycles. The Morgan fingerprint density at radius 3 is 1.64 bits per heavy atom. The summed E-state index contributed by atoms with van der Waals surface area (Å²) in [6.07, 6.45) is 0. The van der Waals surface area contributed by atoms with E-state index in [9.17, 15) is 10.2 Å². The number of ether oxygens (including phenoxy) is 2. The van der Waals surface area contributed by atoms with Gasteiger partial charge in [0.1, 0.15) is 11.5 Å². The van der Waals surface area contributed by atoms with E-state index in [0.29, 0.717) is 13.1 Å². The van der Waals surface area contributed by atoms with Crippen LogP contribution in [0.4, 0.5) is 0 Å². The van der Waals surface area contributed by atoms with Gasteiger partial charge in [0.15, 0.2) is 0 Å². The predicted molar refractivity (Wildman–Crippen MR) is 144 cm³/mol. The zero-order valence-electron chi connectivity index (χ0n) is 20.9. The molecule has 4 aromatic rings. The lowest BCUT2D eigenvalue weighted by Crippen LogP contribution is -2.51. The Balaban J connectivity index is 1.64. The highest BCUT2D eigenvalue weighted by Crippen LogP contribution is 2.41. The summed E-state index contributed by atoms with van der Waals surface area (Å²) in [5.41, 5.74) is 2.44. The molecule has 1 fully saturated rings. The Bertz CT molecular complexity index is 1240. The van der Waals surface area contributed by atoms with Crippen LogP contribution in [-0.2, 0) is 0 Å². The Kier molecular flexibility index (Phi) is 7.39. The van der Waals surface area contributed by atoms with Gasteiger partial charge < -0.3 is 19.7 Å². The van der Waals surface area contributed by atoms with Crippen molar-refractivity contribution in [2.45, 2.75) is 12.1 Å². The highest BCUT2D eigenvalue weighted by atomic mass is 16.5. The second-order valence-electron chi connectivity index (χ2n) is 9.34. The number of fused-ring (bicyclic) bond motifs is 2. The van der Waals surface area contributed by atoms with Crippen LogP contribution in [0.3, 0.4) is 0 Å². The number of piperazine rings is 1. The van der Waals surface area contributed by atoms with Gasteiger partial charge in [0.2, 0.25) is 0 Å². The van der Waals surface area contributed by atoms with E-state index in [4.69, 9.17) is 9.47 Å². The van der Waals surface area contributed by atoms with Gasteiger partial charge in [-0.05, 0) is 56.9 Å². The van der Waals surface area contributed by atoms with Crippen molar-refractivity contribution in [2.75, 3.05) is 53.6 Å². The summed E-state index contributed by atoms with van der Waals surface area (Å²) in [7, 11) is 3.37. The van der Waals surface area contributed by atoms with E-state index >= 15 is 0 Å². The summed E-state index contributed by atoms with van der Waals surface area (Å²) in [5.74, 6) is 1.67. The number of aliphatic hydroxyl groups excluding tert-OH is 2. The molecule has 0 aliphatic carbocycles. The van der Waals surface area contributed by atoms with E-state index in [1.807, 2.05) is 12.1 Å². The maximum Gasteiger partial charge on any atom is 0.119 e. The monoisotopic (exact) mass is 486 g/mol. The fraction of sp³-hybridized carbons (Fsp3) is 0.333. The highest BCUT2D eigenvalue weighted by molar-refractivity contribution is 5.88. The van der Waals surface area contributed by atoms with Crippen molar-refractivity contribution in [1.82, 2.24) is 9.80 Å². The minimum absolute atomic E-state index is 0.0491. The van der Waals surface area contributed by atoms with Crippen LogP contribution in [-0.4, -0.2) is 73.6 Å². The zero-order valence-corrected chi connectivity index (χ0v) is 20.9. The van der Waals surface area contributed by atoms with E-state index in [2.05, 4.69) is 70.5 Å². The molecule has 188 valence electrons. The number of β-amino-alcohol motifs (C(OH)–C–C–N with tert-alkyl or cyclic N) is 2. The first-order chi connectivity index (χ1) is 17.7. The lowest BCUT2D eigenvalue weighted by molar-refractivity contribution is 0.00546. The van der Waals surface area contributed by atoms with Crippen LogP contribution < -0.4 is 9.47 Å². The van der Waals surface area contributed by atoms with Crippen LogP contribution in [0.15, 0.2) is 72.8 Å². The minimum Gasteiger partial charge on any atom is -0.497 e. The largest absolute Gasteiger partial charge is 0.497 e. The Morgan fingerprint density at radius 1 is 0.694 bits per heavy atom. The quantitative estimate of drug-likeness (QED) is 0.385. The molecule has 0 unspecified atom stereocenters. The molecule has 2 N–H and O–H groups in total. The van der Waals surface area contributed by atoms with E-state index < -0.39 is 0 Å². The van der Waals surface area contributed by atoms with Crippen LogP contribution in [0.5, 0.6) is 11.5 Å². The van der Waals surface area contributed by atoms with Crippen molar-refractivity contribution in [3.63, 3.8) is 0 Å². The predicted octanol–water partition coefficient (Wildman–Crippen LogP) is 4.39. The molecule has 1 aliphatic heterocycles. The molecule has 2 atom stereocenters. The number of hydrogen-bond donors (Lipinski definition) is 2. The second kappa shape index (κ2) is 10.8. The van der Waals surface area contributed by atoms with Gasteiger partial charge in [-0.25, -0.2) is 0 Å². The van der Waals surface area contributed by atoms with Crippen molar-refractivity contribution >= 4 is 21.5 Å². The molecule has 36 heavy (non-hydrogen) atoms. The molecule has 0 amide bonds. The molecule has 4 aromatic carbocycles. The summed E-state index contributed by atoms with van der Waals surface area (Å²) in [4.78, 5) is 4.78. The number of aliphatic hydroxyl groups is 2. The maximum absolute atomic E-state index is 10.2. The molecule has 1 aliphatic rings. The molecule has 6 nitrogen and oxygen atoms in total. The molecular formula is C30H34N2O4. The lowest BCUT2D eigenvalue weighted by atomic mass is 9.89. The van der Waals surface area contributed by atoms with E-state index in [-0.39, 0.29) is 25.3 Å². The van der Waals surface area contributed by atoms with Crippen molar-refractivity contribution in [1.29, 1.82) is 0 Å². The normalized spacial score (nSPS) is 19.1. The zero-order chi connectivity index (χ0) is 25.1. The van der Waals surface area contributed by atoms with Crippen LogP contribution in [0, 0.1) is 0 Å². The van der Waals surface area contributed by atoms with Crippen molar-refractivity contribution in [3.05, 3.63) is 83.9 Å². The van der Waals surface area contributed by atoms with Crippen LogP contribution in [0.2, 0.25) is 0 Å². The fourth-order valence-electron chi connectivity index (χ4n) is 5.70. The van der Waals surface area contributed by atoms with Gasteiger partial charge in [-0.1, -0.05) is 48.5 Å². The number of hydrogen-bond acceptors (Lipinski definition) is 6. The second-order valence-corrected chi connectivity index (χ2v) is 9.34. The first-order valence-corrected chi connectivity index (χ1v) is 12.5. The molecule has 0 radical (unpaired) electrons. The molecule has 6 heteroatoms. The number of rotatable bonds is 8. The summed E-state index contributed by atoms with van der Waals surface area (Å²) >= 11 is 0. The van der Waals surface area contributed by atoms with Crippen molar-refractivity contribution in [3.8, 4) is 11.5 Å². The average Bonchev–Trinajstić information content (AvgIpc) is 2.92. The van der Waals surface area contributed by atoms with Gasteiger partial charge >= 0.3 is 0 Å². The summed E-state index contributed by atoms with van der Waals surface area (Å²) in [6.45, 7) is 2.91. The third-order valence-electron chi connectivity index (χ3n) is 7.40. The highest BCUT2D eigenvalue weighted by Gasteiger charge is 2.37. The van der Waals surface area contributed by atoms with Crippen molar-refractivity contribution < 1.29 is 19.7 Å². The van der Waals surface area contributed by atoms with E-state index in [1.165, 1.54) is 21.9 Å². The van der Waals surface area contributed by atoms with Crippen LogP contribution in [0.1, 0.15) is 23.2 Å². The van der Waals surface area contributed by atoms with Gasteiger partial charge in [-0.2, -0.15) is 0 Å². The lowest BCUT2D eigenvalue weighted by Gasteiger charge is -2.47. The molecule has 0 bridgehead atoms. The van der Waals surface area contributed by atoms with E-state index in [0.717, 1.165) is 35.4 Å². The Morgan fingerprint density at radius 2 is 1.19 bits per heavy atom. The fourth-order valence-corrected chi connectivity index (χ4v) is 5.70. The molecule has 0 aromatic heterocycles. The van der Waals surface area contributed by atoms with Gasteiger partial charge in [0, 0.05) is 38.3 Å². The third kappa shape index (κ3) is 4.65. The summed E-state index contributed by atoms with van der Waals surface area (Å²) in [5, 5.41) is 24.6. The number of benzene rings is 4. The third-order valence-corrected chi connectivity index (χ3v) is 7.40. The Labute approximate surface area is 212 Å². The van der Waals surface area contributed by atoms with Gasteiger partial charge in [0.25, 0.3) is 0 Å². The summed E-state index contributed by atoms with van der Waals surface area (Å²) < 4.78 is 10.9. The molecule has 5 rings (SSSR count). The minimum atomic E-state index is 0.0491. The first kappa shape index (κ1) is 24.5. The average molecular weight is 487 g/mol. The van der Waals surface area contributed by atoms with Gasteiger partial charge in [-0.3, -0.25) is 9.80 Å². The topological polar surface area (TPSA) is 65.4 Å². The SMILES string of the molecule is COc1ccc2c([C@@H]3CN(CCO)C[C@@H](c4cccc5cc(OC)ccc45)N3CCO)cccc2c1. The number of nitrogens with zero attached hydrogens (tertiary/aromatic N) is 2. The van der Waals surface area contributed by atoms with Crippen molar-refractivity contribution in [2.24, 2.45) is 0 Å². The van der Waals surface area contributed by atoms with Gasteiger partial charge in [-0.15, -0.1) is 0 Å². The first-order valence-electron chi connectivity index (χ1n) is 12.5. The number of methoxy groups -OCH3 is 2. The molecule has 1 saturated heterocycles. The summed E-state index contributed by atoms with van der Waals surface area (Å²) in [6, 6.07) is 25.3. The molecule has 0 spiro atoms.